The number of carbonyl (C=O) groups excluding carboxylic acids is 1. The Morgan fingerprint density at radius 3 is 2.71 bits per heavy atom. The Bertz CT molecular complexity index is 928. The number of nitrogens with zero attached hydrogens (tertiary/aromatic N) is 3. The lowest BCUT2D eigenvalue weighted by molar-refractivity contribution is 0.0742. The van der Waals surface area contributed by atoms with Crippen LogP contribution < -0.4 is 10.5 Å². The summed E-state index contributed by atoms with van der Waals surface area (Å²) < 4.78 is 5.26. The molecule has 1 amide bonds. The molecule has 0 spiro atoms. The minimum atomic E-state index is -0.582. The molecule has 1 aliphatic heterocycles. The molecule has 0 radical (unpaired) electrons. The van der Waals surface area contributed by atoms with E-state index in [2.05, 4.69) is 9.88 Å². The molecule has 122 valence electrons. The predicted molar refractivity (Wildman–Crippen MR) is 92.7 cm³/mol. The lowest BCUT2D eigenvalue weighted by Crippen LogP contribution is -2.49. The number of aromatic nitrogens is 1. The second-order valence-electron chi connectivity index (χ2n) is 5.58. The van der Waals surface area contributed by atoms with Crippen LogP contribution in [0.1, 0.15) is 10.4 Å². The van der Waals surface area contributed by atoms with Gasteiger partial charge in [0.15, 0.2) is 5.13 Å². The number of anilines is 1. The molecule has 0 atom stereocenters. The Kier molecular flexibility index (Phi) is 3.78. The van der Waals surface area contributed by atoms with Crippen molar-refractivity contribution in [2.45, 2.75) is 0 Å². The molecule has 24 heavy (non-hydrogen) atoms. The van der Waals surface area contributed by atoms with Crippen molar-refractivity contribution in [1.82, 2.24) is 9.88 Å². The van der Waals surface area contributed by atoms with Gasteiger partial charge >= 0.3 is 5.63 Å². The summed E-state index contributed by atoms with van der Waals surface area (Å²) in [5.41, 5.74) is 0.00471. The van der Waals surface area contributed by atoms with Crippen molar-refractivity contribution in [2.75, 3.05) is 31.1 Å². The zero-order chi connectivity index (χ0) is 16.5. The van der Waals surface area contributed by atoms with Crippen LogP contribution in [0.3, 0.4) is 0 Å². The van der Waals surface area contributed by atoms with E-state index in [9.17, 15) is 9.59 Å². The second kappa shape index (κ2) is 6.09. The molecule has 1 aromatic carbocycles. The highest BCUT2D eigenvalue weighted by atomic mass is 32.1. The standard InChI is InChI=1S/C17H15N3O3S/c21-15(13-11-12-3-1-2-4-14(12)23-16(13)22)19-6-8-20(9-7-19)17-18-5-10-24-17/h1-5,10-11H,6-9H2. The number of fused-ring (bicyclic) bond motifs is 1. The van der Waals surface area contributed by atoms with Crippen molar-refractivity contribution < 1.29 is 9.21 Å². The summed E-state index contributed by atoms with van der Waals surface area (Å²) in [6.07, 6.45) is 1.78. The first-order chi connectivity index (χ1) is 11.7. The minimum absolute atomic E-state index is 0.0939. The van der Waals surface area contributed by atoms with Gasteiger partial charge in [-0.05, 0) is 12.1 Å². The number of hydrogen-bond donors (Lipinski definition) is 0. The number of carbonyl (C=O) groups is 1. The smallest absolute Gasteiger partial charge is 0.349 e. The molecule has 0 saturated carbocycles. The molecule has 0 bridgehead atoms. The van der Waals surface area contributed by atoms with Gasteiger partial charge in [0, 0.05) is 43.1 Å². The van der Waals surface area contributed by atoms with Gasteiger partial charge in [0.05, 0.1) is 0 Å². The van der Waals surface area contributed by atoms with Crippen LogP contribution in [0.2, 0.25) is 0 Å². The van der Waals surface area contributed by atoms with E-state index in [-0.39, 0.29) is 11.5 Å². The molecule has 6 nitrogen and oxygen atoms in total. The summed E-state index contributed by atoms with van der Waals surface area (Å²) in [7, 11) is 0. The molecule has 1 aliphatic rings. The fourth-order valence-electron chi connectivity index (χ4n) is 2.85. The Morgan fingerprint density at radius 1 is 1.17 bits per heavy atom. The third-order valence-corrected chi connectivity index (χ3v) is 4.96. The number of rotatable bonds is 2. The van der Waals surface area contributed by atoms with E-state index in [1.807, 2.05) is 17.5 Å². The Morgan fingerprint density at radius 2 is 1.96 bits per heavy atom. The van der Waals surface area contributed by atoms with E-state index in [0.717, 1.165) is 10.5 Å². The lowest BCUT2D eigenvalue weighted by atomic mass is 10.1. The van der Waals surface area contributed by atoms with Gasteiger partial charge in [-0.15, -0.1) is 11.3 Å². The van der Waals surface area contributed by atoms with Crippen molar-refractivity contribution in [3.05, 3.63) is 57.9 Å². The highest BCUT2D eigenvalue weighted by Gasteiger charge is 2.25. The van der Waals surface area contributed by atoms with Gasteiger partial charge in [0.1, 0.15) is 11.1 Å². The number of amides is 1. The third kappa shape index (κ3) is 2.67. The Hall–Kier alpha value is -2.67. The molecule has 4 rings (SSSR count). The summed E-state index contributed by atoms with van der Waals surface area (Å²) >= 11 is 1.59. The molecule has 3 aromatic rings. The zero-order valence-electron chi connectivity index (χ0n) is 12.8. The van der Waals surface area contributed by atoms with Crippen molar-refractivity contribution in [1.29, 1.82) is 0 Å². The summed E-state index contributed by atoms with van der Waals surface area (Å²) in [6.45, 7) is 2.53. The number of benzene rings is 1. The molecular formula is C17H15N3O3S. The lowest BCUT2D eigenvalue weighted by Gasteiger charge is -2.34. The van der Waals surface area contributed by atoms with E-state index in [1.165, 1.54) is 0 Å². The van der Waals surface area contributed by atoms with Crippen LogP contribution in [0.15, 0.2) is 51.1 Å². The first-order valence-corrected chi connectivity index (χ1v) is 8.57. The van der Waals surface area contributed by atoms with Crippen LogP contribution in [-0.2, 0) is 0 Å². The monoisotopic (exact) mass is 341 g/mol. The first-order valence-electron chi connectivity index (χ1n) is 7.69. The topological polar surface area (TPSA) is 66.7 Å². The molecule has 2 aromatic heterocycles. The van der Waals surface area contributed by atoms with Gasteiger partial charge < -0.3 is 14.2 Å². The maximum Gasteiger partial charge on any atom is 0.349 e. The van der Waals surface area contributed by atoms with Crippen molar-refractivity contribution >= 4 is 33.3 Å². The fraction of sp³-hybridized carbons (Fsp3) is 0.235. The number of piperazine rings is 1. The van der Waals surface area contributed by atoms with Gasteiger partial charge in [-0.25, -0.2) is 9.78 Å². The summed E-state index contributed by atoms with van der Waals surface area (Å²) in [4.78, 5) is 33.0. The van der Waals surface area contributed by atoms with Crippen LogP contribution in [0.25, 0.3) is 11.0 Å². The molecule has 1 saturated heterocycles. The summed E-state index contributed by atoms with van der Waals surface area (Å²) in [5, 5.41) is 3.65. The fourth-order valence-corrected chi connectivity index (χ4v) is 3.55. The van der Waals surface area contributed by atoms with Gasteiger partial charge in [0.2, 0.25) is 0 Å². The SMILES string of the molecule is O=C(c1cc2ccccc2oc1=O)N1CCN(c2nccs2)CC1. The highest BCUT2D eigenvalue weighted by molar-refractivity contribution is 7.13. The van der Waals surface area contributed by atoms with E-state index in [4.69, 9.17) is 4.42 Å². The Labute approximate surface area is 141 Å². The normalized spacial score (nSPS) is 15.0. The first kappa shape index (κ1) is 14.9. The van der Waals surface area contributed by atoms with Gasteiger partial charge in [0.25, 0.3) is 5.91 Å². The quantitative estimate of drug-likeness (QED) is 0.669. The van der Waals surface area contributed by atoms with Crippen LogP contribution in [0.4, 0.5) is 5.13 Å². The van der Waals surface area contributed by atoms with Crippen LogP contribution >= 0.6 is 11.3 Å². The average molecular weight is 341 g/mol. The van der Waals surface area contributed by atoms with Gasteiger partial charge in [-0.1, -0.05) is 18.2 Å². The number of hydrogen-bond acceptors (Lipinski definition) is 6. The predicted octanol–water partition coefficient (Wildman–Crippen LogP) is 2.21. The number of para-hydroxylation sites is 1. The average Bonchev–Trinajstić information content (AvgIpc) is 3.15. The van der Waals surface area contributed by atoms with Crippen molar-refractivity contribution in [3.8, 4) is 0 Å². The minimum Gasteiger partial charge on any atom is -0.422 e. The molecule has 0 aliphatic carbocycles. The van der Waals surface area contributed by atoms with Crippen LogP contribution in [0.5, 0.6) is 0 Å². The molecule has 3 heterocycles. The van der Waals surface area contributed by atoms with Gasteiger partial charge in [-0.2, -0.15) is 0 Å². The van der Waals surface area contributed by atoms with Gasteiger partial charge in [-0.3, -0.25) is 4.79 Å². The molecule has 0 unspecified atom stereocenters. The second-order valence-corrected chi connectivity index (χ2v) is 6.45. The molecular weight excluding hydrogens is 326 g/mol. The third-order valence-electron chi connectivity index (χ3n) is 4.13. The molecule has 7 heteroatoms. The van der Waals surface area contributed by atoms with Crippen molar-refractivity contribution in [3.63, 3.8) is 0 Å². The number of thiazole rings is 1. The molecule has 0 N–H and O–H groups in total. The van der Waals surface area contributed by atoms with E-state index < -0.39 is 5.63 Å². The van der Waals surface area contributed by atoms with E-state index >= 15 is 0 Å². The highest BCUT2D eigenvalue weighted by Crippen LogP contribution is 2.20. The maximum atomic E-state index is 12.7. The maximum absolute atomic E-state index is 12.7. The van der Waals surface area contributed by atoms with Crippen LogP contribution in [0, 0.1) is 0 Å². The largest absolute Gasteiger partial charge is 0.422 e. The summed E-state index contributed by atoms with van der Waals surface area (Å²) in [6, 6.07) is 8.82. The van der Waals surface area contributed by atoms with E-state index in [0.29, 0.717) is 31.8 Å². The van der Waals surface area contributed by atoms with Crippen molar-refractivity contribution in [2.24, 2.45) is 0 Å². The van der Waals surface area contributed by atoms with E-state index in [1.54, 1.807) is 40.6 Å². The Balaban J connectivity index is 1.54. The summed E-state index contributed by atoms with van der Waals surface area (Å²) in [5.74, 6) is -0.270. The molecule has 1 fully saturated rings. The zero-order valence-corrected chi connectivity index (χ0v) is 13.7. The van der Waals surface area contributed by atoms with Crippen LogP contribution in [-0.4, -0.2) is 42.0 Å².